The fraction of sp³-hybridized carbons (Fsp3) is 0.0612. The third-order valence-electron chi connectivity index (χ3n) is 10.3. The molecule has 0 radical (unpaired) electrons. The van der Waals surface area contributed by atoms with Gasteiger partial charge >= 0.3 is 0 Å². The van der Waals surface area contributed by atoms with E-state index in [9.17, 15) is 0 Å². The number of fused-ring (bicyclic) bond motifs is 5. The number of ether oxygens (including phenoxy) is 1. The average molecular weight is 705 g/mol. The first-order chi connectivity index (χ1) is 26.0. The lowest BCUT2D eigenvalue weighted by molar-refractivity contribution is 0.483. The molecule has 0 bridgehead atoms. The van der Waals surface area contributed by atoms with E-state index in [2.05, 4.69) is 157 Å². The van der Waals surface area contributed by atoms with Gasteiger partial charge in [-0.2, -0.15) is 0 Å². The predicted octanol–water partition coefficient (Wildman–Crippen LogP) is 14.5. The molecule has 0 heterocycles. The van der Waals surface area contributed by atoms with E-state index in [1.165, 1.54) is 33.0 Å². The molecule has 8 aromatic rings. The number of nitrogens with zero attached hydrogens (tertiary/aromatic N) is 2. The van der Waals surface area contributed by atoms with Gasteiger partial charge < -0.3 is 14.5 Å². The Bertz CT molecular complexity index is 2490. The largest absolute Gasteiger partial charge is 0.456 e. The summed E-state index contributed by atoms with van der Waals surface area (Å²) in [5.74, 6) is 1.33. The van der Waals surface area contributed by atoms with Crippen LogP contribution in [0.25, 0.3) is 21.9 Å². The Kier molecular flexibility index (Phi) is 8.22. The van der Waals surface area contributed by atoms with Crippen LogP contribution < -0.4 is 14.5 Å². The lowest BCUT2D eigenvalue weighted by atomic mass is 9.81. The van der Waals surface area contributed by atoms with E-state index in [1.807, 2.05) is 54.6 Å². The molecule has 256 valence electrons. The molecule has 0 spiro atoms. The molecular formula is C49H37ClN2O. The predicted molar refractivity (Wildman–Crippen MR) is 222 cm³/mol. The zero-order chi connectivity index (χ0) is 35.9. The molecular weight excluding hydrogens is 668 g/mol. The van der Waals surface area contributed by atoms with Crippen molar-refractivity contribution in [2.45, 2.75) is 19.3 Å². The molecule has 9 rings (SSSR count). The maximum atomic E-state index is 7.25. The molecule has 0 amide bonds. The van der Waals surface area contributed by atoms with Crippen LogP contribution in [-0.4, -0.2) is 0 Å². The summed E-state index contributed by atoms with van der Waals surface area (Å²) < 4.78 is 6.70. The normalized spacial score (nSPS) is 12.6. The summed E-state index contributed by atoms with van der Waals surface area (Å²) in [6.07, 6.45) is 0. The van der Waals surface area contributed by atoms with Crippen LogP contribution in [0, 0.1) is 0 Å². The topological polar surface area (TPSA) is 15.7 Å². The molecule has 0 atom stereocenters. The van der Waals surface area contributed by atoms with Gasteiger partial charge in [0.05, 0.1) is 11.4 Å². The van der Waals surface area contributed by atoms with Crippen molar-refractivity contribution in [3.8, 4) is 22.6 Å². The summed E-state index contributed by atoms with van der Waals surface area (Å²) in [7, 11) is 0. The minimum absolute atomic E-state index is 0.246. The fourth-order valence-corrected chi connectivity index (χ4v) is 8.10. The third kappa shape index (κ3) is 5.71. The fourth-order valence-electron chi connectivity index (χ4n) is 7.85. The van der Waals surface area contributed by atoms with Crippen LogP contribution in [0.2, 0.25) is 5.02 Å². The van der Waals surface area contributed by atoms with Crippen LogP contribution >= 0.6 is 11.6 Å². The van der Waals surface area contributed by atoms with E-state index in [0.29, 0.717) is 10.8 Å². The molecule has 0 unspecified atom stereocenters. The Morgan fingerprint density at radius 2 is 0.943 bits per heavy atom. The molecule has 8 aromatic carbocycles. The summed E-state index contributed by atoms with van der Waals surface area (Å²) in [5.41, 5.74) is 11.0. The molecule has 0 saturated carbocycles. The second-order valence-corrected chi connectivity index (χ2v) is 14.3. The zero-order valence-corrected chi connectivity index (χ0v) is 30.3. The molecule has 4 heteroatoms. The lowest BCUT2D eigenvalue weighted by Gasteiger charge is -2.29. The van der Waals surface area contributed by atoms with Crippen molar-refractivity contribution in [3.63, 3.8) is 0 Å². The summed E-state index contributed by atoms with van der Waals surface area (Å²) in [6, 6.07) is 65.5. The smallest absolute Gasteiger partial charge is 0.148 e. The second-order valence-electron chi connectivity index (χ2n) is 13.9. The average Bonchev–Trinajstić information content (AvgIpc) is 3.43. The number of anilines is 6. The molecule has 53 heavy (non-hydrogen) atoms. The van der Waals surface area contributed by atoms with Gasteiger partial charge in [0.25, 0.3) is 0 Å². The standard InChI is InChI=1S/C49H37ClN2O/c1-49(2)42-31-30-38(53-46-29-17-28-44(48(46)50)51(34-18-7-3-8-19-34)35-20-9-4-10-21-35)32-41(42)47-40-27-16-15-26-39(40)45(33-43(47)49)52(36-22-11-5-12-23-36)37-24-13-6-14-25-37/h3-33H,1-2H3. The Morgan fingerprint density at radius 3 is 1.49 bits per heavy atom. The van der Waals surface area contributed by atoms with Gasteiger partial charge in [-0.3, -0.25) is 0 Å². The van der Waals surface area contributed by atoms with Gasteiger partial charge in [0, 0.05) is 33.6 Å². The van der Waals surface area contributed by atoms with Crippen LogP contribution in [-0.2, 0) is 5.41 Å². The molecule has 0 N–H and O–H groups in total. The van der Waals surface area contributed by atoms with E-state index in [0.717, 1.165) is 39.9 Å². The van der Waals surface area contributed by atoms with Crippen LogP contribution in [0.4, 0.5) is 34.1 Å². The van der Waals surface area contributed by atoms with Crippen LogP contribution in [0.5, 0.6) is 11.5 Å². The Hall–Kier alpha value is -6.29. The number of hydrogen-bond donors (Lipinski definition) is 0. The Morgan fingerprint density at radius 1 is 0.453 bits per heavy atom. The van der Waals surface area contributed by atoms with E-state index in [4.69, 9.17) is 16.3 Å². The van der Waals surface area contributed by atoms with Crippen molar-refractivity contribution in [2.75, 3.05) is 9.80 Å². The maximum Gasteiger partial charge on any atom is 0.148 e. The number of halogens is 1. The number of para-hydroxylation sites is 4. The van der Waals surface area contributed by atoms with Gasteiger partial charge in [-0.15, -0.1) is 0 Å². The maximum absolute atomic E-state index is 7.25. The highest BCUT2D eigenvalue weighted by Gasteiger charge is 2.38. The van der Waals surface area contributed by atoms with E-state index in [1.54, 1.807) is 0 Å². The minimum atomic E-state index is -0.246. The van der Waals surface area contributed by atoms with Gasteiger partial charge in [-0.05, 0) is 107 Å². The van der Waals surface area contributed by atoms with E-state index in [-0.39, 0.29) is 5.41 Å². The zero-order valence-electron chi connectivity index (χ0n) is 29.6. The van der Waals surface area contributed by atoms with Gasteiger partial charge in [-0.25, -0.2) is 0 Å². The van der Waals surface area contributed by atoms with E-state index >= 15 is 0 Å². The van der Waals surface area contributed by atoms with E-state index < -0.39 is 0 Å². The highest BCUT2D eigenvalue weighted by atomic mass is 35.5. The number of rotatable bonds is 8. The van der Waals surface area contributed by atoms with Crippen molar-refractivity contribution < 1.29 is 4.74 Å². The summed E-state index contributed by atoms with van der Waals surface area (Å²) in [5, 5.41) is 2.94. The molecule has 0 aliphatic heterocycles. The van der Waals surface area contributed by atoms with Gasteiger partial charge in [0.2, 0.25) is 0 Å². The van der Waals surface area contributed by atoms with Gasteiger partial charge in [0.1, 0.15) is 16.5 Å². The first-order valence-electron chi connectivity index (χ1n) is 18.0. The summed E-state index contributed by atoms with van der Waals surface area (Å²) in [6.45, 7) is 4.66. The number of benzene rings is 8. The molecule has 3 nitrogen and oxygen atoms in total. The van der Waals surface area contributed by atoms with Gasteiger partial charge in [-0.1, -0.05) is 135 Å². The monoisotopic (exact) mass is 704 g/mol. The first kappa shape index (κ1) is 32.6. The van der Waals surface area contributed by atoms with Crippen LogP contribution in [0.1, 0.15) is 25.0 Å². The second kappa shape index (κ2) is 13.4. The summed E-state index contributed by atoms with van der Waals surface area (Å²) >= 11 is 7.25. The van der Waals surface area contributed by atoms with Crippen LogP contribution in [0.15, 0.2) is 188 Å². The molecule has 0 aromatic heterocycles. The lowest BCUT2D eigenvalue weighted by Crippen LogP contribution is -2.17. The Labute approximate surface area is 315 Å². The highest BCUT2D eigenvalue weighted by Crippen LogP contribution is 2.55. The van der Waals surface area contributed by atoms with Gasteiger partial charge in [0.15, 0.2) is 0 Å². The molecule has 1 aliphatic carbocycles. The van der Waals surface area contributed by atoms with Crippen molar-refractivity contribution in [1.82, 2.24) is 0 Å². The van der Waals surface area contributed by atoms with Crippen molar-refractivity contribution in [2.24, 2.45) is 0 Å². The highest BCUT2D eigenvalue weighted by molar-refractivity contribution is 6.35. The molecule has 1 aliphatic rings. The van der Waals surface area contributed by atoms with Crippen molar-refractivity contribution >= 4 is 56.5 Å². The van der Waals surface area contributed by atoms with Crippen LogP contribution in [0.3, 0.4) is 0 Å². The third-order valence-corrected chi connectivity index (χ3v) is 10.7. The minimum Gasteiger partial charge on any atom is -0.456 e. The number of hydrogen-bond acceptors (Lipinski definition) is 3. The van der Waals surface area contributed by atoms with Crippen molar-refractivity contribution in [3.05, 3.63) is 204 Å². The summed E-state index contributed by atoms with van der Waals surface area (Å²) in [4.78, 5) is 4.54. The molecule has 0 saturated heterocycles. The molecule has 0 fully saturated rings. The SMILES string of the molecule is CC1(C)c2ccc(Oc3cccc(N(c4ccccc4)c4ccccc4)c3Cl)cc2-c2c1cc(N(c1ccccc1)c1ccccc1)c1ccccc21. The Balaban J connectivity index is 1.16. The first-order valence-corrected chi connectivity index (χ1v) is 18.3. The quantitative estimate of drug-likeness (QED) is 0.157. The van der Waals surface area contributed by atoms with Crippen molar-refractivity contribution in [1.29, 1.82) is 0 Å².